The highest BCUT2D eigenvalue weighted by molar-refractivity contribution is 6.33. The van der Waals surface area contributed by atoms with Crippen LogP contribution in [0.25, 0.3) is 16.8 Å². The first-order valence-electron chi connectivity index (χ1n) is 6.73. The fourth-order valence-electron chi connectivity index (χ4n) is 2.34. The summed E-state index contributed by atoms with van der Waals surface area (Å²) in [4.78, 5) is 20.1. The molecule has 0 bridgehead atoms. The van der Waals surface area contributed by atoms with E-state index in [0.717, 1.165) is 5.56 Å². The van der Waals surface area contributed by atoms with Gasteiger partial charge in [-0.15, -0.1) is 0 Å². The zero-order chi connectivity index (χ0) is 16.4. The van der Waals surface area contributed by atoms with Crippen LogP contribution in [-0.2, 0) is 11.2 Å². The lowest BCUT2D eigenvalue weighted by atomic mass is 10.1. The van der Waals surface area contributed by atoms with E-state index < -0.39 is 5.97 Å². The first-order valence-corrected chi connectivity index (χ1v) is 7.10. The van der Waals surface area contributed by atoms with Crippen molar-refractivity contribution < 1.29 is 9.53 Å². The van der Waals surface area contributed by atoms with Gasteiger partial charge in [-0.25, -0.2) is 14.8 Å². The van der Waals surface area contributed by atoms with Gasteiger partial charge in [-0.3, -0.25) is 4.40 Å². The summed E-state index contributed by atoms with van der Waals surface area (Å²) in [5, 5.41) is 9.25. The van der Waals surface area contributed by atoms with Crippen LogP contribution in [0.3, 0.4) is 0 Å². The molecular weight excluding hydrogens is 316 g/mol. The second-order valence-electron chi connectivity index (χ2n) is 4.72. The van der Waals surface area contributed by atoms with E-state index in [-0.39, 0.29) is 6.42 Å². The van der Waals surface area contributed by atoms with Crippen LogP contribution in [0, 0.1) is 11.3 Å². The van der Waals surface area contributed by atoms with Crippen molar-refractivity contribution in [1.29, 1.82) is 5.26 Å². The van der Waals surface area contributed by atoms with Crippen LogP contribution >= 0.6 is 11.6 Å². The van der Waals surface area contributed by atoms with Gasteiger partial charge in [-0.2, -0.15) is 5.26 Å². The summed E-state index contributed by atoms with van der Waals surface area (Å²) in [5.41, 5.74) is 2.46. The van der Waals surface area contributed by atoms with E-state index in [1.807, 2.05) is 0 Å². The molecule has 1 aromatic carbocycles. The molecule has 0 atom stereocenters. The molecule has 7 heteroatoms. The smallest absolute Gasteiger partial charge is 0.337 e. The Morgan fingerprint density at radius 1 is 1.39 bits per heavy atom. The molecule has 0 aliphatic heterocycles. The van der Waals surface area contributed by atoms with Gasteiger partial charge >= 0.3 is 5.97 Å². The van der Waals surface area contributed by atoms with Gasteiger partial charge in [0.2, 0.25) is 0 Å². The third-order valence-corrected chi connectivity index (χ3v) is 3.68. The number of nitrogens with zero attached hydrogens (tertiary/aromatic N) is 4. The summed E-state index contributed by atoms with van der Waals surface area (Å²) in [7, 11) is 1.33. The Labute approximate surface area is 136 Å². The Kier molecular flexibility index (Phi) is 3.96. The topological polar surface area (TPSA) is 80.3 Å². The molecule has 2 heterocycles. The maximum atomic E-state index is 11.5. The second-order valence-corrected chi connectivity index (χ2v) is 5.08. The number of carbonyl (C=O) groups excluding carboxylic acids is 1. The number of ether oxygens (including phenoxy) is 1. The molecule has 23 heavy (non-hydrogen) atoms. The zero-order valence-corrected chi connectivity index (χ0v) is 12.9. The number of fused-ring (bicyclic) bond motifs is 1. The lowest BCUT2D eigenvalue weighted by molar-refractivity contribution is 0.0601. The number of imidazole rings is 1. The van der Waals surface area contributed by atoms with E-state index in [1.165, 1.54) is 7.11 Å². The first-order chi connectivity index (χ1) is 11.2. The Balaban J connectivity index is 2.16. The number of hydrogen-bond donors (Lipinski definition) is 0. The maximum Gasteiger partial charge on any atom is 0.337 e. The summed E-state index contributed by atoms with van der Waals surface area (Å²) < 4.78 is 6.43. The monoisotopic (exact) mass is 326 g/mol. The molecule has 0 saturated heterocycles. The van der Waals surface area contributed by atoms with Crippen molar-refractivity contribution >= 4 is 23.1 Å². The Morgan fingerprint density at radius 2 is 2.13 bits per heavy atom. The summed E-state index contributed by atoms with van der Waals surface area (Å²) in [5.74, 6) is 0.176. The number of methoxy groups -OCH3 is 1. The van der Waals surface area contributed by atoms with E-state index in [9.17, 15) is 4.79 Å². The highest BCUT2D eigenvalue weighted by Crippen LogP contribution is 2.29. The van der Waals surface area contributed by atoms with Gasteiger partial charge < -0.3 is 4.74 Å². The van der Waals surface area contributed by atoms with E-state index in [1.54, 1.807) is 41.1 Å². The number of esters is 1. The van der Waals surface area contributed by atoms with Crippen molar-refractivity contribution in [1.82, 2.24) is 14.4 Å². The van der Waals surface area contributed by atoms with Crippen molar-refractivity contribution in [2.45, 2.75) is 6.42 Å². The Hall–Kier alpha value is -2.91. The fourth-order valence-corrected chi connectivity index (χ4v) is 2.58. The number of hydrogen-bond acceptors (Lipinski definition) is 5. The van der Waals surface area contributed by atoms with Gasteiger partial charge in [0.05, 0.1) is 30.9 Å². The number of aromatic nitrogens is 3. The molecule has 0 N–H and O–H groups in total. The number of carbonyl (C=O) groups is 1. The largest absolute Gasteiger partial charge is 0.465 e. The number of rotatable bonds is 3. The Bertz CT molecular complexity index is 926. The summed E-state index contributed by atoms with van der Waals surface area (Å²) >= 11 is 6.20. The van der Waals surface area contributed by atoms with Crippen LogP contribution in [0.1, 0.15) is 16.2 Å². The third-order valence-electron chi connectivity index (χ3n) is 3.40. The zero-order valence-electron chi connectivity index (χ0n) is 12.2. The molecule has 3 rings (SSSR count). The van der Waals surface area contributed by atoms with E-state index >= 15 is 0 Å². The molecule has 0 aliphatic rings. The van der Waals surface area contributed by atoms with Crippen molar-refractivity contribution in [2.24, 2.45) is 0 Å². The quantitative estimate of drug-likeness (QED) is 0.691. The van der Waals surface area contributed by atoms with Gasteiger partial charge in [0.1, 0.15) is 11.3 Å². The fraction of sp³-hybridized carbons (Fsp3) is 0.125. The average Bonchev–Trinajstić information content (AvgIpc) is 2.95. The summed E-state index contributed by atoms with van der Waals surface area (Å²) in [6, 6.07) is 8.91. The molecular formula is C16H11ClN4O2. The number of halogens is 1. The minimum atomic E-state index is -0.406. The van der Waals surface area contributed by atoms with Crippen molar-refractivity contribution in [3.8, 4) is 17.3 Å². The van der Waals surface area contributed by atoms with Crippen LogP contribution in [0.15, 0.2) is 36.7 Å². The molecule has 6 nitrogen and oxygen atoms in total. The molecule has 114 valence electrons. The van der Waals surface area contributed by atoms with E-state index in [4.69, 9.17) is 16.9 Å². The normalized spacial score (nSPS) is 10.5. The van der Waals surface area contributed by atoms with Crippen LogP contribution in [0.5, 0.6) is 0 Å². The standard InChI is InChI=1S/C16H11ClN4O2/c1-23-16(22)11-4-2-10(3-5-11)13-14-15(17)19-8-9-21(14)12(20-13)6-7-18/h2-5,8-9H,6H2,1H3. The molecule has 0 radical (unpaired) electrons. The Morgan fingerprint density at radius 3 is 2.78 bits per heavy atom. The minimum absolute atomic E-state index is 0.155. The van der Waals surface area contributed by atoms with Gasteiger partial charge in [0.15, 0.2) is 5.15 Å². The van der Waals surface area contributed by atoms with Gasteiger partial charge in [0, 0.05) is 18.0 Å². The predicted molar refractivity (Wildman–Crippen MR) is 84.1 cm³/mol. The van der Waals surface area contributed by atoms with Crippen LogP contribution in [0.4, 0.5) is 0 Å². The lowest BCUT2D eigenvalue weighted by Gasteiger charge is -2.02. The minimum Gasteiger partial charge on any atom is -0.465 e. The molecule has 3 aromatic rings. The van der Waals surface area contributed by atoms with Gasteiger partial charge in [0.25, 0.3) is 0 Å². The predicted octanol–water partition coefficient (Wildman–Crippen LogP) is 2.90. The molecule has 0 saturated carbocycles. The lowest BCUT2D eigenvalue weighted by Crippen LogP contribution is -2.00. The average molecular weight is 327 g/mol. The first kappa shape index (κ1) is 15.0. The van der Waals surface area contributed by atoms with Crippen molar-refractivity contribution in [2.75, 3.05) is 7.11 Å². The van der Waals surface area contributed by atoms with Crippen LogP contribution in [-0.4, -0.2) is 27.4 Å². The molecule has 0 amide bonds. The van der Waals surface area contributed by atoms with Crippen LogP contribution < -0.4 is 0 Å². The summed E-state index contributed by atoms with van der Waals surface area (Å²) in [6.07, 6.45) is 3.43. The van der Waals surface area contributed by atoms with E-state index in [0.29, 0.717) is 27.8 Å². The second kappa shape index (κ2) is 6.07. The van der Waals surface area contributed by atoms with Crippen molar-refractivity contribution in [3.05, 3.63) is 53.2 Å². The molecule has 0 spiro atoms. The molecule has 2 aromatic heterocycles. The SMILES string of the molecule is COC(=O)c1ccc(-c2nc(CC#N)n3ccnc(Cl)c23)cc1. The highest BCUT2D eigenvalue weighted by atomic mass is 35.5. The van der Waals surface area contributed by atoms with Crippen LogP contribution in [0.2, 0.25) is 5.15 Å². The number of nitriles is 1. The number of benzene rings is 1. The third kappa shape index (κ3) is 2.62. The highest BCUT2D eigenvalue weighted by Gasteiger charge is 2.16. The summed E-state index contributed by atoms with van der Waals surface area (Å²) in [6.45, 7) is 0. The molecule has 0 aliphatic carbocycles. The van der Waals surface area contributed by atoms with Crippen molar-refractivity contribution in [3.63, 3.8) is 0 Å². The van der Waals surface area contributed by atoms with E-state index in [2.05, 4.69) is 20.8 Å². The molecule has 0 fully saturated rings. The van der Waals surface area contributed by atoms with Gasteiger partial charge in [-0.1, -0.05) is 23.7 Å². The maximum absolute atomic E-state index is 11.5. The molecule has 0 unspecified atom stereocenters. The van der Waals surface area contributed by atoms with Gasteiger partial charge in [-0.05, 0) is 12.1 Å².